The third kappa shape index (κ3) is 3.28. The Morgan fingerprint density at radius 2 is 1.71 bits per heavy atom. The Morgan fingerprint density at radius 3 is 2.14 bits per heavy atom. The van der Waals surface area contributed by atoms with Crippen LogP contribution in [-0.4, -0.2) is 6.29 Å². The lowest BCUT2D eigenvalue weighted by molar-refractivity contribution is -0.117. The van der Waals surface area contributed by atoms with Crippen LogP contribution in [0.25, 0.3) is 0 Å². The van der Waals surface area contributed by atoms with Gasteiger partial charge in [0, 0.05) is 5.41 Å². The summed E-state index contributed by atoms with van der Waals surface area (Å²) < 4.78 is 0. The van der Waals surface area contributed by atoms with Gasteiger partial charge in [-0.05, 0) is 26.2 Å². The highest BCUT2D eigenvalue weighted by Gasteiger charge is 2.29. The lowest BCUT2D eigenvalue weighted by Gasteiger charge is -2.30. The minimum absolute atomic E-state index is 0.0632. The van der Waals surface area contributed by atoms with Gasteiger partial charge in [-0.3, -0.25) is 0 Å². The molecule has 0 radical (unpaired) electrons. The summed E-state index contributed by atoms with van der Waals surface area (Å²) in [5, 5.41) is 0. The monoisotopic (exact) mass is 194 g/mol. The van der Waals surface area contributed by atoms with Crippen LogP contribution >= 0.6 is 0 Å². The Balaban J connectivity index is 2.62. The smallest absolute Gasteiger partial charge is 0.126 e. The SMILES string of the molecule is C=C(C)CC1(C=O)CCCCCCC1. The van der Waals surface area contributed by atoms with Gasteiger partial charge in [0.2, 0.25) is 0 Å². The van der Waals surface area contributed by atoms with Gasteiger partial charge in [-0.15, -0.1) is 6.58 Å². The number of carbonyl (C=O) groups is 1. The molecule has 1 fully saturated rings. The van der Waals surface area contributed by atoms with E-state index in [1.807, 2.05) is 6.92 Å². The third-order valence-corrected chi connectivity index (χ3v) is 3.25. The molecule has 1 aliphatic rings. The summed E-state index contributed by atoms with van der Waals surface area (Å²) in [6.45, 7) is 5.97. The van der Waals surface area contributed by atoms with E-state index in [1.165, 1.54) is 38.4 Å². The van der Waals surface area contributed by atoms with Gasteiger partial charge in [0.15, 0.2) is 0 Å². The first kappa shape index (κ1) is 11.5. The van der Waals surface area contributed by atoms with Crippen molar-refractivity contribution < 1.29 is 4.79 Å². The zero-order valence-corrected chi connectivity index (χ0v) is 9.35. The summed E-state index contributed by atoms with van der Waals surface area (Å²) in [6.07, 6.45) is 10.6. The van der Waals surface area contributed by atoms with Gasteiger partial charge >= 0.3 is 0 Å². The Hall–Kier alpha value is -0.590. The van der Waals surface area contributed by atoms with E-state index >= 15 is 0 Å². The molecule has 0 aliphatic heterocycles. The molecule has 0 atom stereocenters. The maximum atomic E-state index is 11.2. The molecule has 0 N–H and O–H groups in total. The van der Waals surface area contributed by atoms with Crippen molar-refractivity contribution in [3.05, 3.63) is 12.2 Å². The highest BCUT2D eigenvalue weighted by atomic mass is 16.1. The fraction of sp³-hybridized carbons (Fsp3) is 0.769. The van der Waals surface area contributed by atoms with E-state index in [1.54, 1.807) is 0 Å². The van der Waals surface area contributed by atoms with Crippen molar-refractivity contribution >= 4 is 6.29 Å². The predicted octanol–water partition coefficient (Wildman–Crippen LogP) is 3.88. The molecule has 1 heteroatoms. The average molecular weight is 194 g/mol. The molecule has 1 aliphatic carbocycles. The summed E-state index contributed by atoms with van der Waals surface area (Å²) in [4.78, 5) is 11.2. The van der Waals surface area contributed by atoms with E-state index in [-0.39, 0.29) is 5.41 Å². The van der Waals surface area contributed by atoms with Crippen LogP contribution < -0.4 is 0 Å². The van der Waals surface area contributed by atoms with Gasteiger partial charge < -0.3 is 4.79 Å². The molecule has 0 aromatic rings. The highest BCUT2D eigenvalue weighted by molar-refractivity contribution is 5.60. The van der Waals surface area contributed by atoms with Gasteiger partial charge in [-0.25, -0.2) is 0 Å². The van der Waals surface area contributed by atoms with Gasteiger partial charge in [-0.1, -0.05) is 37.7 Å². The topological polar surface area (TPSA) is 17.1 Å². The Morgan fingerprint density at radius 1 is 1.21 bits per heavy atom. The first-order valence-electron chi connectivity index (χ1n) is 5.79. The molecule has 1 nitrogen and oxygen atoms in total. The molecule has 1 saturated carbocycles. The number of carbonyl (C=O) groups excluding carboxylic acids is 1. The molecule has 0 saturated heterocycles. The fourth-order valence-electron chi connectivity index (χ4n) is 2.55. The van der Waals surface area contributed by atoms with Gasteiger partial charge in [-0.2, -0.15) is 0 Å². The summed E-state index contributed by atoms with van der Waals surface area (Å²) in [5.74, 6) is 0. The lowest BCUT2D eigenvalue weighted by atomic mass is 9.73. The minimum Gasteiger partial charge on any atom is -0.303 e. The van der Waals surface area contributed by atoms with Crippen molar-refractivity contribution in [2.75, 3.05) is 0 Å². The van der Waals surface area contributed by atoms with Crippen molar-refractivity contribution in [1.82, 2.24) is 0 Å². The second-order valence-electron chi connectivity index (χ2n) is 4.88. The van der Waals surface area contributed by atoms with Gasteiger partial charge in [0.05, 0.1) is 0 Å². The van der Waals surface area contributed by atoms with Crippen LogP contribution in [0.4, 0.5) is 0 Å². The average Bonchev–Trinajstić information content (AvgIpc) is 2.09. The molecule has 0 aromatic heterocycles. The van der Waals surface area contributed by atoms with E-state index in [2.05, 4.69) is 6.58 Å². The van der Waals surface area contributed by atoms with Crippen LogP contribution in [0.5, 0.6) is 0 Å². The van der Waals surface area contributed by atoms with Crippen molar-refractivity contribution in [2.45, 2.75) is 58.3 Å². The number of rotatable bonds is 3. The maximum absolute atomic E-state index is 11.2. The van der Waals surface area contributed by atoms with Gasteiger partial charge in [0.1, 0.15) is 6.29 Å². The zero-order chi connectivity index (χ0) is 10.4. The van der Waals surface area contributed by atoms with Crippen LogP contribution in [-0.2, 0) is 4.79 Å². The van der Waals surface area contributed by atoms with Crippen molar-refractivity contribution in [2.24, 2.45) is 5.41 Å². The molecule has 80 valence electrons. The fourth-order valence-corrected chi connectivity index (χ4v) is 2.55. The van der Waals surface area contributed by atoms with Crippen molar-refractivity contribution in [1.29, 1.82) is 0 Å². The first-order chi connectivity index (χ1) is 6.68. The first-order valence-corrected chi connectivity index (χ1v) is 5.79. The van der Waals surface area contributed by atoms with E-state index in [4.69, 9.17) is 0 Å². The summed E-state index contributed by atoms with van der Waals surface area (Å²) >= 11 is 0. The van der Waals surface area contributed by atoms with Crippen molar-refractivity contribution in [3.8, 4) is 0 Å². The summed E-state index contributed by atoms with van der Waals surface area (Å²) in [7, 11) is 0. The van der Waals surface area contributed by atoms with E-state index < -0.39 is 0 Å². The Labute approximate surface area is 87.6 Å². The highest BCUT2D eigenvalue weighted by Crippen LogP contribution is 2.37. The zero-order valence-electron chi connectivity index (χ0n) is 9.35. The van der Waals surface area contributed by atoms with E-state index in [0.29, 0.717) is 0 Å². The lowest BCUT2D eigenvalue weighted by Crippen LogP contribution is -2.24. The molecule has 0 bridgehead atoms. The van der Waals surface area contributed by atoms with Crippen LogP contribution in [0, 0.1) is 5.41 Å². The largest absolute Gasteiger partial charge is 0.303 e. The maximum Gasteiger partial charge on any atom is 0.126 e. The molecule has 1 rings (SSSR count). The Bertz CT molecular complexity index is 197. The van der Waals surface area contributed by atoms with Crippen LogP contribution in [0.3, 0.4) is 0 Å². The van der Waals surface area contributed by atoms with E-state index in [9.17, 15) is 4.79 Å². The normalized spacial score (nSPS) is 22.1. The molecule has 0 aromatic carbocycles. The summed E-state index contributed by atoms with van der Waals surface area (Å²) in [6, 6.07) is 0. The third-order valence-electron chi connectivity index (χ3n) is 3.25. The molecule has 0 amide bonds. The standard InChI is InChI=1S/C13H22O/c1-12(2)10-13(11-14)8-6-4-3-5-7-9-13/h11H,1,3-10H2,2H3. The number of hydrogen-bond donors (Lipinski definition) is 0. The van der Waals surface area contributed by atoms with Gasteiger partial charge in [0.25, 0.3) is 0 Å². The Kier molecular flexibility index (Phi) is 4.37. The second-order valence-corrected chi connectivity index (χ2v) is 4.88. The molecule has 14 heavy (non-hydrogen) atoms. The quantitative estimate of drug-likeness (QED) is 0.492. The second kappa shape index (κ2) is 5.33. The number of hydrogen-bond acceptors (Lipinski definition) is 1. The number of allylic oxidation sites excluding steroid dienone is 1. The molecule has 0 spiro atoms. The molecule has 0 unspecified atom stereocenters. The van der Waals surface area contributed by atoms with E-state index in [0.717, 1.165) is 24.8 Å². The predicted molar refractivity (Wildman–Crippen MR) is 60.2 cm³/mol. The molecular formula is C13H22O. The summed E-state index contributed by atoms with van der Waals surface area (Å²) in [5.41, 5.74) is 1.09. The van der Waals surface area contributed by atoms with Crippen LogP contribution in [0.2, 0.25) is 0 Å². The van der Waals surface area contributed by atoms with Crippen molar-refractivity contribution in [3.63, 3.8) is 0 Å². The van der Waals surface area contributed by atoms with Crippen LogP contribution in [0.15, 0.2) is 12.2 Å². The molecule has 0 heterocycles. The number of aldehydes is 1. The van der Waals surface area contributed by atoms with Crippen LogP contribution in [0.1, 0.15) is 58.3 Å². The minimum atomic E-state index is -0.0632. The molecular weight excluding hydrogens is 172 g/mol.